The Bertz CT molecular complexity index is 1110. The monoisotopic (exact) mass is 467 g/mol. The molecule has 4 fully saturated rings. The number of likely N-dealkylation sites (tertiary alicyclic amines) is 1. The van der Waals surface area contributed by atoms with E-state index in [2.05, 4.69) is 34.3 Å². The number of benzene rings is 1. The average molecular weight is 468 g/mol. The van der Waals surface area contributed by atoms with E-state index in [4.69, 9.17) is 9.47 Å². The summed E-state index contributed by atoms with van der Waals surface area (Å²) in [5.41, 5.74) is 2.20. The van der Waals surface area contributed by atoms with Gasteiger partial charge in [0.1, 0.15) is 12.0 Å². The number of anilines is 1. The van der Waals surface area contributed by atoms with Gasteiger partial charge in [-0.1, -0.05) is 6.07 Å². The van der Waals surface area contributed by atoms with Crippen molar-refractivity contribution >= 4 is 22.5 Å². The fraction of sp³-hybridized carbons (Fsp3) is 0.630. The van der Waals surface area contributed by atoms with Gasteiger partial charge in [0.15, 0.2) is 0 Å². The van der Waals surface area contributed by atoms with Crippen LogP contribution >= 0.6 is 0 Å². The highest BCUT2D eigenvalue weighted by Crippen LogP contribution is 2.58. The first kappa shape index (κ1) is 22.4. The molecule has 3 saturated heterocycles. The molecular formula is C27H34FN3O3. The molecule has 1 N–H and O–H groups in total. The van der Waals surface area contributed by atoms with Crippen LogP contribution in [0.2, 0.25) is 0 Å². The van der Waals surface area contributed by atoms with Gasteiger partial charge in [-0.05, 0) is 87.2 Å². The zero-order chi connectivity index (χ0) is 23.5. The number of aromatic nitrogens is 1. The molecule has 34 heavy (non-hydrogen) atoms. The van der Waals surface area contributed by atoms with Crippen LogP contribution in [0.15, 0.2) is 24.4 Å². The smallest absolute Gasteiger partial charge is 0.229 e. The highest BCUT2D eigenvalue weighted by Gasteiger charge is 2.59. The molecule has 4 unspecified atom stereocenters. The Hall–Kier alpha value is -2.09. The molecule has 1 spiro atoms. The number of carbonyl (C=O) groups excluding carboxylic acids is 1. The summed E-state index contributed by atoms with van der Waals surface area (Å²) >= 11 is 0. The molecule has 6 nitrogen and oxygen atoms in total. The molecule has 0 radical (unpaired) electrons. The molecule has 1 aromatic carbocycles. The number of ether oxygens (including phenoxy) is 2. The highest BCUT2D eigenvalue weighted by molar-refractivity contribution is 5.96. The second kappa shape index (κ2) is 8.25. The molecule has 2 aromatic rings. The summed E-state index contributed by atoms with van der Waals surface area (Å²) in [4.78, 5) is 19.6. The van der Waals surface area contributed by atoms with Crippen molar-refractivity contribution < 1.29 is 18.7 Å². The van der Waals surface area contributed by atoms with Crippen molar-refractivity contribution in [1.82, 2.24) is 9.88 Å². The number of halogens is 1. The van der Waals surface area contributed by atoms with Crippen LogP contribution in [0.3, 0.4) is 0 Å². The van der Waals surface area contributed by atoms with Crippen LogP contribution in [0.25, 0.3) is 10.8 Å². The fourth-order valence-electron chi connectivity index (χ4n) is 6.45. The molecular weight excluding hydrogens is 433 g/mol. The van der Waals surface area contributed by atoms with Crippen LogP contribution in [0.4, 0.5) is 10.2 Å². The summed E-state index contributed by atoms with van der Waals surface area (Å²) in [6.07, 6.45) is 4.86. The third-order valence-electron chi connectivity index (χ3n) is 8.99. The van der Waals surface area contributed by atoms with Crippen molar-refractivity contribution in [1.29, 1.82) is 0 Å². The summed E-state index contributed by atoms with van der Waals surface area (Å²) in [5.74, 6) is 1.17. The van der Waals surface area contributed by atoms with E-state index < -0.39 is 11.7 Å². The summed E-state index contributed by atoms with van der Waals surface area (Å²) in [7, 11) is 0. The lowest BCUT2D eigenvalue weighted by Crippen LogP contribution is -2.55. The molecule has 4 atom stereocenters. The number of alkyl halides is 1. The Labute approximate surface area is 200 Å². The fourth-order valence-corrected chi connectivity index (χ4v) is 6.45. The van der Waals surface area contributed by atoms with Crippen molar-refractivity contribution in [2.24, 2.45) is 11.3 Å². The predicted molar refractivity (Wildman–Crippen MR) is 129 cm³/mol. The van der Waals surface area contributed by atoms with E-state index in [1.165, 1.54) is 11.1 Å². The maximum absolute atomic E-state index is 14.5. The molecule has 6 rings (SSSR count). The van der Waals surface area contributed by atoms with E-state index in [1.807, 2.05) is 19.2 Å². The second-order valence-corrected chi connectivity index (χ2v) is 11.1. The van der Waals surface area contributed by atoms with Crippen LogP contribution in [-0.2, 0) is 14.3 Å². The first-order chi connectivity index (χ1) is 16.4. The minimum absolute atomic E-state index is 0.0438. The number of nitrogens with zero attached hydrogens (tertiary/aromatic N) is 2. The van der Waals surface area contributed by atoms with Crippen molar-refractivity contribution in [2.45, 2.75) is 57.2 Å². The summed E-state index contributed by atoms with van der Waals surface area (Å²) < 4.78 is 25.4. The summed E-state index contributed by atoms with van der Waals surface area (Å²) in [5, 5.41) is 5.23. The molecule has 3 aliphatic heterocycles. The lowest BCUT2D eigenvalue weighted by atomic mass is 9.83. The largest absolute Gasteiger partial charge is 0.381 e. The molecule has 1 saturated carbocycles. The molecule has 1 aliphatic carbocycles. The first-order valence-electron chi connectivity index (χ1n) is 12.6. The Balaban J connectivity index is 1.16. The third kappa shape index (κ3) is 3.73. The summed E-state index contributed by atoms with van der Waals surface area (Å²) in [6.45, 7) is 8.08. The number of hydrogen-bond donors (Lipinski definition) is 1. The molecule has 182 valence electrons. The van der Waals surface area contributed by atoms with Gasteiger partial charge in [0, 0.05) is 29.5 Å². The molecule has 1 amide bonds. The maximum atomic E-state index is 14.5. The van der Waals surface area contributed by atoms with Gasteiger partial charge < -0.3 is 14.8 Å². The predicted octanol–water partition coefficient (Wildman–Crippen LogP) is 4.21. The van der Waals surface area contributed by atoms with Crippen LogP contribution < -0.4 is 5.32 Å². The number of hydrogen-bond acceptors (Lipinski definition) is 5. The summed E-state index contributed by atoms with van der Waals surface area (Å²) in [6, 6.07) is 6.46. The Kier molecular flexibility index (Phi) is 5.43. The van der Waals surface area contributed by atoms with Crippen molar-refractivity contribution in [2.75, 3.05) is 44.8 Å². The van der Waals surface area contributed by atoms with Crippen molar-refractivity contribution in [3.05, 3.63) is 35.5 Å². The highest BCUT2D eigenvalue weighted by atomic mass is 19.1. The number of aryl methyl sites for hydroxylation is 1. The van der Waals surface area contributed by atoms with Gasteiger partial charge in [-0.3, -0.25) is 9.69 Å². The van der Waals surface area contributed by atoms with E-state index in [-0.39, 0.29) is 23.8 Å². The van der Waals surface area contributed by atoms with Gasteiger partial charge in [0.25, 0.3) is 0 Å². The van der Waals surface area contributed by atoms with Gasteiger partial charge in [-0.25, -0.2) is 9.37 Å². The van der Waals surface area contributed by atoms with E-state index in [9.17, 15) is 9.18 Å². The minimum Gasteiger partial charge on any atom is -0.381 e. The molecule has 7 heteroatoms. The van der Waals surface area contributed by atoms with Crippen LogP contribution in [0.1, 0.15) is 49.7 Å². The van der Waals surface area contributed by atoms with Gasteiger partial charge >= 0.3 is 0 Å². The number of rotatable bonds is 4. The number of carbonyl (C=O) groups is 1. The SMILES string of the molecule is Cc1cc2cnc(NC(=O)C3CC34CCOC4)cc2cc1C1CCN(C2(C)COCC2F)CC1. The van der Waals surface area contributed by atoms with E-state index in [1.54, 1.807) is 0 Å². The lowest BCUT2D eigenvalue weighted by Gasteiger charge is -2.43. The van der Waals surface area contributed by atoms with Gasteiger partial charge in [0.05, 0.1) is 25.4 Å². The standard InChI is InChI=1S/C27H34FN3O3/c1-17-9-20-13-29-24(30-25(32)22-12-27(22)5-8-33-16-27)11-19(20)10-21(17)18-3-6-31(7-4-18)26(2)15-34-14-23(26)28/h9-11,13,18,22-23H,3-8,12,14-16H2,1-2H3,(H,29,30,32). The molecule has 4 heterocycles. The Morgan fingerprint density at radius 2 is 2.00 bits per heavy atom. The molecule has 4 aliphatic rings. The van der Waals surface area contributed by atoms with Gasteiger partial charge in [-0.2, -0.15) is 0 Å². The van der Waals surface area contributed by atoms with Gasteiger partial charge in [-0.15, -0.1) is 0 Å². The zero-order valence-corrected chi connectivity index (χ0v) is 20.1. The van der Waals surface area contributed by atoms with Gasteiger partial charge in [0.2, 0.25) is 5.91 Å². The number of amides is 1. The van der Waals surface area contributed by atoms with Crippen molar-refractivity contribution in [3.8, 4) is 0 Å². The average Bonchev–Trinajstić information content (AvgIpc) is 3.14. The maximum Gasteiger partial charge on any atom is 0.229 e. The minimum atomic E-state index is -0.917. The second-order valence-electron chi connectivity index (χ2n) is 11.1. The Morgan fingerprint density at radius 3 is 2.71 bits per heavy atom. The van der Waals surface area contributed by atoms with Crippen LogP contribution in [-0.4, -0.2) is 67.0 Å². The number of fused-ring (bicyclic) bond motifs is 1. The van der Waals surface area contributed by atoms with E-state index >= 15 is 0 Å². The zero-order valence-electron chi connectivity index (χ0n) is 20.1. The van der Waals surface area contributed by atoms with Crippen LogP contribution in [0, 0.1) is 18.3 Å². The molecule has 1 aromatic heterocycles. The van der Waals surface area contributed by atoms with Crippen molar-refractivity contribution in [3.63, 3.8) is 0 Å². The Morgan fingerprint density at radius 1 is 1.18 bits per heavy atom. The van der Waals surface area contributed by atoms with E-state index in [0.29, 0.717) is 24.9 Å². The quantitative estimate of drug-likeness (QED) is 0.730. The van der Waals surface area contributed by atoms with Crippen LogP contribution in [0.5, 0.6) is 0 Å². The topological polar surface area (TPSA) is 63.7 Å². The lowest BCUT2D eigenvalue weighted by molar-refractivity contribution is -0.118. The first-order valence-corrected chi connectivity index (χ1v) is 12.6. The van der Waals surface area contributed by atoms with E-state index in [0.717, 1.165) is 56.2 Å². The third-order valence-corrected chi connectivity index (χ3v) is 8.99. The number of pyridine rings is 1. The number of piperidine rings is 1. The molecule has 0 bridgehead atoms. The number of nitrogens with one attached hydrogen (secondary N) is 1. The normalized spacial score (nSPS) is 34.2.